The molecule has 42 valence electrons. The molecule has 0 radical (unpaired) electrons. The molecule has 1 rings (SSSR count). The van der Waals surface area contributed by atoms with Crippen molar-refractivity contribution in [2.24, 2.45) is 0 Å². The number of allylic oxidation sites excluding steroid dienone is 1. The molecule has 0 saturated heterocycles. The third kappa shape index (κ3) is 2.00. The van der Waals surface area contributed by atoms with E-state index in [-0.39, 0.29) is 0 Å². The molecule has 0 fully saturated rings. The van der Waals surface area contributed by atoms with Gasteiger partial charge in [-0.1, -0.05) is 0 Å². The van der Waals surface area contributed by atoms with Gasteiger partial charge in [-0.2, -0.15) is 0 Å². The fourth-order valence-electron chi connectivity index (χ4n) is 0.545. The van der Waals surface area contributed by atoms with Gasteiger partial charge in [-0.3, -0.25) is 0 Å². The topological polar surface area (TPSA) is 0 Å². The van der Waals surface area contributed by atoms with E-state index < -0.39 is 18.7 Å². The van der Waals surface area contributed by atoms with Crippen LogP contribution in [0, 0.1) is 0 Å². The molecule has 1 aliphatic rings. The van der Waals surface area contributed by atoms with Crippen LogP contribution in [0.1, 0.15) is 12.8 Å². The Morgan fingerprint density at radius 3 is 2.71 bits per heavy atom. The van der Waals surface area contributed by atoms with E-state index in [4.69, 9.17) is 8.91 Å². The van der Waals surface area contributed by atoms with Gasteiger partial charge >= 0.3 is 55.0 Å². The van der Waals surface area contributed by atoms with Gasteiger partial charge in [0.05, 0.1) is 0 Å². The van der Waals surface area contributed by atoms with Crippen molar-refractivity contribution in [3.8, 4) is 0 Å². The minimum absolute atomic E-state index is 0.948. The molecule has 7 heavy (non-hydrogen) atoms. The molecule has 0 bridgehead atoms. The van der Waals surface area contributed by atoms with Crippen LogP contribution in [0.25, 0.3) is 0 Å². The zero-order valence-electron chi connectivity index (χ0n) is 4.03. The molecule has 0 atom stereocenters. The number of hydrogen-bond acceptors (Lipinski definition) is 0. The van der Waals surface area contributed by atoms with Gasteiger partial charge in [-0.15, -0.1) is 0 Å². The third-order valence-corrected chi connectivity index (χ3v) is 5.59. The van der Waals surface area contributed by atoms with Crippen LogP contribution >= 0.6 is 27.6 Å². The van der Waals surface area contributed by atoms with Crippen LogP contribution in [-0.4, -0.2) is 4.43 Å². The van der Waals surface area contributed by atoms with E-state index in [9.17, 15) is 0 Å². The summed E-state index contributed by atoms with van der Waals surface area (Å²) in [4.78, 5) is 0. The molecule has 0 saturated carbocycles. The Morgan fingerprint density at radius 2 is 2.43 bits per heavy atom. The van der Waals surface area contributed by atoms with E-state index in [1.165, 1.54) is 17.3 Å². The van der Waals surface area contributed by atoms with Gasteiger partial charge in [0.1, 0.15) is 0 Å². The Hall–Kier alpha value is 0.760. The van der Waals surface area contributed by atoms with Gasteiger partial charge < -0.3 is 0 Å². The van der Waals surface area contributed by atoms with Crippen LogP contribution in [0.3, 0.4) is 0 Å². The van der Waals surface area contributed by atoms with E-state index in [0.29, 0.717) is 0 Å². The molecule has 0 aromatic rings. The van der Waals surface area contributed by atoms with Gasteiger partial charge in [0.25, 0.3) is 0 Å². The van der Waals surface area contributed by atoms with Crippen LogP contribution in [0.5, 0.6) is 0 Å². The maximum atomic E-state index is 5.89. The van der Waals surface area contributed by atoms with E-state index in [0.717, 1.165) is 0 Å². The molecule has 0 aromatic carbocycles. The average molecular weight is 230 g/mol. The minimum atomic E-state index is -0.948. The zero-order valence-corrected chi connectivity index (χ0v) is 6.95. The second-order valence-corrected chi connectivity index (χ2v) is 7.72. The van der Waals surface area contributed by atoms with Gasteiger partial charge in [0, 0.05) is 0 Å². The first-order valence-electron chi connectivity index (χ1n) is 2.37. The Morgan fingerprint density at radius 1 is 1.57 bits per heavy atom. The summed E-state index contributed by atoms with van der Waals surface area (Å²) in [6, 6.07) is 0. The van der Waals surface area contributed by atoms with Gasteiger partial charge in [0.15, 0.2) is 0 Å². The summed E-state index contributed by atoms with van der Waals surface area (Å²) < 4.78 is 3.55. The third-order valence-electron chi connectivity index (χ3n) is 0.911. The van der Waals surface area contributed by atoms with E-state index in [1.54, 1.807) is 0 Å². The molecule has 0 aliphatic carbocycles. The molecule has 0 spiro atoms. The van der Waals surface area contributed by atoms with Gasteiger partial charge in [-0.05, 0) is 0 Å². The second-order valence-electron chi connectivity index (χ2n) is 1.53. The standard InChI is InChI=1S/C5H8ClI/c6-7-4-2-1-3-5-7/h2,4H,1,3,5H2. The van der Waals surface area contributed by atoms with E-state index in [2.05, 4.69) is 10.2 Å². The summed E-state index contributed by atoms with van der Waals surface area (Å²) in [6.45, 7) is 0. The quantitative estimate of drug-likeness (QED) is 0.443. The summed E-state index contributed by atoms with van der Waals surface area (Å²) in [6.07, 6.45) is 4.83. The number of rotatable bonds is 0. The van der Waals surface area contributed by atoms with E-state index in [1.807, 2.05) is 0 Å². The van der Waals surface area contributed by atoms with Crippen LogP contribution in [0.15, 0.2) is 10.2 Å². The summed E-state index contributed by atoms with van der Waals surface area (Å²) >= 11 is -0.948. The zero-order chi connectivity index (χ0) is 5.11. The molecular formula is C5H8ClI. The van der Waals surface area contributed by atoms with Crippen LogP contribution in [0.4, 0.5) is 0 Å². The van der Waals surface area contributed by atoms with E-state index >= 15 is 0 Å². The fourth-order valence-corrected chi connectivity index (χ4v) is 4.11. The molecule has 0 nitrogen and oxygen atoms in total. The fraction of sp³-hybridized carbons (Fsp3) is 0.600. The summed E-state index contributed by atoms with van der Waals surface area (Å²) in [5, 5.41) is 0. The number of alkyl halides is 1. The Bertz CT molecular complexity index is 80.1. The van der Waals surface area contributed by atoms with Crippen molar-refractivity contribution in [3.63, 3.8) is 0 Å². The van der Waals surface area contributed by atoms with Gasteiger partial charge in [-0.25, -0.2) is 0 Å². The molecule has 1 aliphatic heterocycles. The van der Waals surface area contributed by atoms with Gasteiger partial charge in [0.2, 0.25) is 0 Å². The van der Waals surface area contributed by atoms with Crippen molar-refractivity contribution >= 4 is 27.6 Å². The monoisotopic (exact) mass is 230 g/mol. The predicted octanol–water partition coefficient (Wildman–Crippen LogP) is 2.95. The normalized spacial score (nSPS) is 25.6. The van der Waals surface area contributed by atoms with Crippen molar-refractivity contribution in [2.45, 2.75) is 12.8 Å². The molecule has 0 N–H and O–H groups in total. The van der Waals surface area contributed by atoms with Crippen LogP contribution < -0.4 is 0 Å². The van der Waals surface area contributed by atoms with Crippen LogP contribution in [-0.2, 0) is 0 Å². The summed E-state index contributed by atoms with van der Waals surface area (Å²) in [7, 11) is 5.89. The summed E-state index contributed by atoms with van der Waals surface area (Å²) in [5.41, 5.74) is 0. The first kappa shape index (κ1) is 5.89. The van der Waals surface area contributed by atoms with Crippen molar-refractivity contribution in [3.05, 3.63) is 10.2 Å². The molecule has 0 unspecified atom stereocenters. The van der Waals surface area contributed by atoms with Crippen molar-refractivity contribution in [2.75, 3.05) is 4.43 Å². The van der Waals surface area contributed by atoms with Crippen molar-refractivity contribution in [1.82, 2.24) is 0 Å². The van der Waals surface area contributed by atoms with Crippen molar-refractivity contribution < 1.29 is 0 Å². The van der Waals surface area contributed by atoms with Crippen LogP contribution in [0.2, 0.25) is 0 Å². The molecule has 0 aromatic heterocycles. The number of hydrogen-bond donors (Lipinski definition) is 0. The predicted molar refractivity (Wildman–Crippen MR) is 43.1 cm³/mol. The second kappa shape index (κ2) is 2.92. The Kier molecular flexibility index (Phi) is 2.46. The number of halogens is 2. The Labute approximate surface area is 55.0 Å². The SMILES string of the molecule is ClI1C=CCCC1. The Balaban J connectivity index is 2.36. The molecule has 1 heterocycles. The molecule has 0 amide bonds. The molecular weight excluding hydrogens is 222 g/mol. The average Bonchev–Trinajstić information content (AvgIpc) is 1.69. The maximum absolute atomic E-state index is 5.89. The summed E-state index contributed by atoms with van der Waals surface area (Å²) in [5.74, 6) is 0. The molecule has 2 heteroatoms. The first-order chi connectivity index (χ1) is 3.39. The van der Waals surface area contributed by atoms with Crippen molar-refractivity contribution in [1.29, 1.82) is 0 Å². The first-order valence-corrected chi connectivity index (χ1v) is 7.87.